The van der Waals surface area contributed by atoms with Crippen LogP contribution in [0, 0.1) is 31.0 Å². The van der Waals surface area contributed by atoms with Gasteiger partial charge < -0.3 is 5.32 Å². The Kier molecular flexibility index (Phi) is 5.33. The van der Waals surface area contributed by atoms with E-state index in [0.717, 1.165) is 27.8 Å². The lowest BCUT2D eigenvalue weighted by Crippen LogP contribution is -2.16. The Hall–Kier alpha value is -3.45. The molecule has 0 fully saturated rings. The topological polar surface area (TPSA) is 52.9 Å². The van der Waals surface area contributed by atoms with Gasteiger partial charge >= 0.3 is 0 Å². The van der Waals surface area contributed by atoms with Crippen molar-refractivity contribution in [3.8, 4) is 17.2 Å². The summed E-state index contributed by atoms with van der Waals surface area (Å²) in [5.74, 6) is -0.548. The maximum absolute atomic E-state index is 13.1. The van der Waals surface area contributed by atoms with E-state index < -0.39 is 0 Å². The number of amides is 1. The van der Waals surface area contributed by atoms with Crippen LogP contribution in [0.1, 0.15) is 22.3 Å². The lowest BCUT2D eigenvalue weighted by Gasteiger charge is -2.17. The van der Waals surface area contributed by atoms with Crippen molar-refractivity contribution < 1.29 is 9.18 Å². The highest BCUT2D eigenvalue weighted by atomic mass is 19.1. The maximum Gasteiger partial charge on any atom is 0.228 e. The molecule has 0 unspecified atom stereocenters. The fraction of sp³-hybridized carbons (Fsp3) is 0.130. The molecule has 0 spiro atoms. The van der Waals surface area contributed by atoms with E-state index in [4.69, 9.17) is 0 Å². The Morgan fingerprint density at radius 1 is 1.07 bits per heavy atom. The number of anilines is 1. The van der Waals surface area contributed by atoms with Gasteiger partial charge in [-0.25, -0.2) is 4.39 Å². The Labute approximate surface area is 158 Å². The number of hydrogen-bond acceptors (Lipinski definition) is 2. The predicted octanol–water partition coefficient (Wildman–Crippen LogP) is 5.16. The lowest BCUT2D eigenvalue weighted by atomic mass is 9.93. The van der Waals surface area contributed by atoms with Gasteiger partial charge in [-0.15, -0.1) is 0 Å². The average molecular weight is 358 g/mol. The molecule has 134 valence electrons. The van der Waals surface area contributed by atoms with E-state index in [-0.39, 0.29) is 18.1 Å². The summed E-state index contributed by atoms with van der Waals surface area (Å²) in [7, 11) is 0. The first kappa shape index (κ1) is 18.3. The first-order valence-corrected chi connectivity index (χ1v) is 8.63. The lowest BCUT2D eigenvalue weighted by molar-refractivity contribution is -0.115. The molecule has 0 aliphatic rings. The molecule has 0 aliphatic carbocycles. The van der Waals surface area contributed by atoms with Crippen molar-refractivity contribution in [2.24, 2.45) is 0 Å². The fourth-order valence-corrected chi connectivity index (χ4v) is 3.13. The van der Waals surface area contributed by atoms with Crippen molar-refractivity contribution in [2.75, 3.05) is 5.32 Å². The van der Waals surface area contributed by atoms with E-state index in [1.54, 1.807) is 12.1 Å². The van der Waals surface area contributed by atoms with Crippen LogP contribution in [0.15, 0.2) is 60.7 Å². The Balaban J connectivity index is 1.99. The summed E-state index contributed by atoms with van der Waals surface area (Å²) in [6.45, 7) is 3.73. The van der Waals surface area contributed by atoms with Crippen LogP contribution in [0.25, 0.3) is 11.1 Å². The minimum Gasteiger partial charge on any atom is -0.325 e. The van der Waals surface area contributed by atoms with Crippen molar-refractivity contribution in [3.63, 3.8) is 0 Å². The molecule has 3 nitrogen and oxygen atoms in total. The molecule has 0 radical (unpaired) electrons. The average Bonchev–Trinajstić information content (AvgIpc) is 2.67. The van der Waals surface area contributed by atoms with Crippen LogP contribution in [0.4, 0.5) is 10.1 Å². The van der Waals surface area contributed by atoms with Crippen LogP contribution in [-0.2, 0) is 11.2 Å². The minimum atomic E-state index is -0.335. The van der Waals surface area contributed by atoms with Crippen molar-refractivity contribution in [3.05, 3.63) is 88.7 Å². The summed E-state index contributed by atoms with van der Waals surface area (Å²) in [5.41, 5.74) is 5.36. The Bertz CT molecular complexity index is 1020. The van der Waals surface area contributed by atoms with Crippen LogP contribution in [0.2, 0.25) is 0 Å². The molecule has 3 aromatic carbocycles. The minimum absolute atomic E-state index is 0.129. The molecule has 1 amide bonds. The quantitative estimate of drug-likeness (QED) is 0.700. The van der Waals surface area contributed by atoms with Gasteiger partial charge in [0.05, 0.1) is 23.7 Å². The molecule has 1 N–H and O–H groups in total. The van der Waals surface area contributed by atoms with E-state index in [1.165, 1.54) is 12.1 Å². The molecule has 0 bridgehead atoms. The highest BCUT2D eigenvalue weighted by Gasteiger charge is 2.17. The summed E-state index contributed by atoms with van der Waals surface area (Å²) in [5, 5.41) is 12.4. The van der Waals surface area contributed by atoms with Crippen LogP contribution in [-0.4, -0.2) is 5.91 Å². The number of carbonyl (C=O) groups excluding carboxylic acids is 1. The van der Waals surface area contributed by atoms with E-state index in [1.807, 2.05) is 50.2 Å². The number of nitrogens with one attached hydrogen (secondary N) is 1. The van der Waals surface area contributed by atoms with Crippen LogP contribution < -0.4 is 5.32 Å². The molecule has 0 aliphatic heterocycles. The van der Waals surface area contributed by atoms with Gasteiger partial charge in [-0.3, -0.25) is 4.79 Å². The van der Waals surface area contributed by atoms with E-state index in [9.17, 15) is 14.4 Å². The van der Waals surface area contributed by atoms with Gasteiger partial charge in [0, 0.05) is 5.56 Å². The molecule has 0 heterocycles. The monoisotopic (exact) mass is 358 g/mol. The highest BCUT2D eigenvalue weighted by Crippen LogP contribution is 2.34. The largest absolute Gasteiger partial charge is 0.325 e. The molecule has 27 heavy (non-hydrogen) atoms. The number of nitriles is 1. The molecular weight excluding hydrogens is 339 g/mol. The maximum atomic E-state index is 13.1. The second kappa shape index (κ2) is 7.84. The summed E-state index contributed by atoms with van der Waals surface area (Å²) in [4.78, 5) is 12.6. The SMILES string of the molecule is Cc1cc(-c2ccccc2)c(NC(=O)Cc2ccc(F)cc2)c(C)c1C#N. The van der Waals surface area contributed by atoms with Gasteiger partial charge in [0.1, 0.15) is 5.82 Å². The predicted molar refractivity (Wildman–Crippen MR) is 105 cm³/mol. The van der Waals surface area contributed by atoms with E-state index >= 15 is 0 Å². The van der Waals surface area contributed by atoms with E-state index in [0.29, 0.717) is 11.3 Å². The molecule has 0 saturated carbocycles. The molecule has 0 saturated heterocycles. The van der Waals surface area contributed by atoms with Crippen LogP contribution in [0.5, 0.6) is 0 Å². The number of halogens is 1. The molecular formula is C23H19FN2O. The molecule has 3 aromatic rings. The molecule has 4 heteroatoms. The van der Waals surface area contributed by atoms with Crippen molar-refractivity contribution in [1.82, 2.24) is 0 Å². The fourth-order valence-electron chi connectivity index (χ4n) is 3.13. The number of hydrogen-bond donors (Lipinski definition) is 1. The van der Waals surface area contributed by atoms with Crippen molar-refractivity contribution >= 4 is 11.6 Å². The summed E-state index contributed by atoms with van der Waals surface area (Å²) in [6.07, 6.45) is 0.129. The van der Waals surface area contributed by atoms with Gasteiger partial charge in [-0.1, -0.05) is 42.5 Å². The number of aryl methyl sites for hydroxylation is 1. The van der Waals surface area contributed by atoms with Gasteiger partial charge in [0.15, 0.2) is 0 Å². The Morgan fingerprint density at radius 2 is 1.74 bits per heavy atom. The second-order valence-corrected chi connectivity index (χ2v) is 6.45. The third-order valence-electron chi connectivity index (χ3n) is 4.51. The van der Waals surface area contributed by atoms with Crippen molar-refractivity contribution in [1.29, 1.82) is 5.26 Å². The van der Waals surface area contributed by atoms with Crippen LogP contribution >= 0.6 is 0 Å². The zero-order chi connectivity index (χ0) is 19.4. The van der Waals surface area contributed by atoms with Gasteiger partial charge in [0.25, 0.3) is 0 Å². The molecule has 0 aromatic heterocycles. The number of nitrogens with zero attached hydrogens (tertiary/aromatic N) is 1. The van der Waals surface area contributed by atoms with Gasteiger partial charge in [0.2, 0.25) is 5.91 Å². The van der Waals surface area contributed by atoms with Crippen molar-refractivity contribution in [2.45, 2.75) is 20.3 Å². The number of carbonyl (C=O) groups is 1. The third-order valence-corrected chi connectivity index (χ3v) is 4.51. The smallest absolute Gasteiger partial charge is 0.228 e. The summed E-state index contributed by atoms with van der Waals surface area (Å²) in [6, 6.07) is 19.7. The molecule has 3 rings (SSSR count). The van der Waals surface area contributed by atoms with Gasteiger partial charge in [-0.2, -0.15) is 5.26 Å². The number of benzene rings is 3. The second-order valence-electron chi connectivity index (χ2n) is 6.45. The van der Waals surface area contributed by atoms with Crippen LogP contribution in [0.3, 0.4) is 0 Å². The zero-order valence-corrected chi connectivity index (χ0v) is 15.2. The standard InChI is InChI=1S/C23H19FN2O/c1-15-12-20(18-6-4-3-5-7-18)23(16(2)21(15)14-25)26-22(27)13-17-8-10-19(24)11-9-17/h3-12H,13H2,1-2H3,(H,26,27). The van der Waals surface area contributed by atoms with Gasteiger partial charge in [-0.05, 0) is 54.3 Å². The first-order chi connectivity index (χ1) is 13.0. The summed E-state index contributed by atoms with van der Waals surface area (Å²) < 4.78 is 13.1. The summed E-state index contributed by atoms with van der Waals surface area (Å²) >= 11 is 0. The molecule has 0 atom stereocenters. The highest BCUT2D eigenvalue weighted by molar-refractivity contribution is 5.98. The Morgan fingerprint density at radius 3 is 2.37 bits per heavy atom. The normalized spacial score (nSPS) is 10.3. The van der Waals surface area contributed by atoms with E-state index in [2.05, 4.69) is 11.4 Å². The third kappa shape index (κ3) is 4.04. The zero-order valence-electron chi connectivity index (χ0n) is 15.2. The number of rotatable bonds is 4. The first-order valence-electron chi connectivity index (χ1n) is 8.63.